The number of benzene rings is 3. The number of likely N-dealkylation sites (tertiary alicyclic amines) is 1. The number of nitrogens with zero attached hydrogens (tertiary/aromatic N) is 1. The van der Waals surface area contributed by atoms with E-state index in [4.69, 9.17) is 34.8 Å². The lowest BCUT2D eigenvalue weighted by Gasteiger charge is -2.25. The minimum atomic E-state index is -0.802. The average Bonchev–Trinajstić information content (AvgIpc) is 3.05. The lowest BCUT2D eigenvalue weighted by atomic mass is 9.95. The highest BCUT2D eigenvalue weighted by atomic mass is 35.5. The molecular weight excluding hydrogens is 469 g/mol. The molecule has 162 valence electrons. The normalized spacial score (nSPS) is 17.7. The summed E-state index contributed by atoms with van der Waals surface area (Å²) >= 11 is 18.3. The monoisotopic (exact) mass is 485 g/mol. The third-order valence-corrected chi connectivity index (χ3v) is 6.39. The first-order valence-corrected chi connectivity index (χ1v) is 11.0. The number of Topliss-reactive ketones (excluding diaryl/α,β-unsaturated/α-hetero) is 1. The number of halogens is 3. The summed E-state index contributed by atoms with van der Waals surface area (Å²) in [5, 5.41) is 12.2. The smallest absolute Gasteiger partial charge is 0.295 e. The van der Waals surface area contributed by atoms with Gasteiger partial charge in [-0.15, -0.1) is 0 Å². The standard InChI is InChI=1S/C25H18Cl3NO3/c26-18-9-6-16(7-10-18)23(30)21-22(17-8-11-19(27)20(28)14-17)29(25(32)24(21)31)13-12-15-4-2-1-3-5-15/h1-11,14,22,30H,12-13H2/b23-21+. The van der Waals surface area contributed by atoms with Crippen LogP contribution in [-0.2, 0) is 16.0 Å². The molecule has 4 rings (SSSR count). The summed E-state index contributed by atoms with van der Waals surface area (Å²) in [4.78, 5) is 27.5. The van der Waals surface area contributed by atoms with Crippen molar-refractivity contribution in [3.63, 3.8) is 0 Å². The number of hydrogen-bond donors (Lipinski definition) is 1. The second-order valence-electron chi connectivity index (χ2n) is 7.41. The molecule has 0 aromatic heterocycles. The molecule has 1 unspecified atom stereocenters. The lowest BCUT2D eigenvalue weighted by Crippen LogP contribution is -2.31. The van der Waals surface area contributed by atoms with E-state index < -0.39 is 17.7 Å². The van der Waals surface area contributed by atoms with E-state index in [0.29, 0.717) is 32.6 Å². The second-order valence-corrected chi connectivity index (χ2v) is 8.66. The number of rotatable bonds is 5. The number of carbonyl (C=O) groups is 2. The van der Waals surface area contributed by atoms with Crippen LogP contribution in [0.1, 0.15) is 22.7 Å². The first-order valence-electron chi connectivity index (χ1n) is 9.90. The predicted octanol–water partition coefficient (Wildman–Crippen LogP) is 6.31. The summed E-state index contributed by atoms with van der Waals surface area (Å²) in [5.74, 6) is -1.69. The van der Waals surface area contributed by atoms with Gasteiger partial charge in [-0.1, -0.05) is 71.2 Å². The van der Waals surface area contributed by atoms with Crippen LogP contribution >= 0.6 is 34.8 Å². The number of hydrogen-bond acceptors (Lipinski definition) is 3. The predicted molar refractivity (Wildman–Crippen MR) is 127 cm³/mol. The van der Waals surface area contributed by atoms with E-state index in [1.165, 1.54) is 4.90 Å². The van der Waals surface area contributed by atoms with Gasteiger partial charge in [-0.3, -0.25) is 9.59 Å². The van der Waals surface area contributed by atoms with Gasteiger partial charge in [0.1, 0.15) is 5.76 Å². The Balaban J connectivity index is 1.81. The third kappa shape index (κ3) is 4.40. The van der Waals surface area contributed by atoms with E-state index in [1.807, 2.05) is 30.3 Å². The highest BCUT2D eigenvalue weighted by Crippen LogP contribution is 2.41. The lowest BCUT2D eigenvalue weighted by molar-refractivity contribution is -0.139. The Hall–Kier alpha value is -2.79. The molecule has 0 aliphatic carbocycles. The molecule has 4 nitrogen and oxygen atoms in total. The summed E-state index contributed by atoms with van der Waals surface area (Å²) in [7, 11) is 0. The molecule has 1 atom stereocenters. The van der Waals surface area contributed by atoms with E-state index >= 15 is 0 Å². The molecule has 7 heteroatoms. The van der Waals surface area contributed by atoms with Crippen LogP contribution in [0, 0.1) is 0 Å². The zero-order valence-corrected chi connectivity index (χ0v) is 19.0. The van der Waals surface area contributed by atoms with E-state index in [0.717, 1.165) is 5.56 Å². The molecule has 3 aromatic carbocycles. The highest BCUT2D eigenvalue weighted by Gasteiger charge is 2.45. The Bertz CT molecular complexity index is 1210. The molecule has 1 heterocycles. The Labute approximate surface area is 200 Å². The van der Waals surface area contributed by atoms with E-state index in [9.17, 15) is 14.7 Å². The van der Waals surface area contributed by atoms with Gasteiger partial charge >= 0.3 is 0 Å². The van der Waals surface area contributed by atoms with Crippen molar-refractivity contribution in [3.8, 4) is 0 Å². The van der Waals surface area contributed by atoms with Gasteiger partial charge in [0.15, 0.2) is 0 Å². The number of aliphatic hydroxyl groups is 1. The maximum Gasteiger partial charge on any atom is 0.295 e. The molecular formula is C25H18Cl3NO3. The van der Waals surface area contributed by atoms with Gasteiger partial charge in [-0.05, 0) is 53.9 Å². The van der Waals surface area contributed by atoms with Crippen molar-refractivity contribution in [2.45, 2.75) is 12.5 Å². The Morgan fingerprint density at radius 1 is 0.875 bits per heavy atom. The van der Waals surface area contributed by atoms with Gasteiger partial charge in [0.05, 0.1) is 21.7 Å². The topological polar surface area (TPSA) is 57.6 Å². The van der Waals surface area contributed by atoms with Crippen molar-refractivity contribution >= 4 is 52.3 Å². The number of ketones is 1. The first-order chi connectivity index (χ1) is 15.4. The zero-order chi connectivity index (χ0) is 22.8. The maximum absolute atomic E-state index is 13.1. The van der Waals surface area contributed by atoms with Crippen LogP contribution in [0.4, 0.5) is 0 Å². The van der Waals surface area contributed by atoms with Gasteiger partial charge in [-0.25, -0.2) is 0 Å². The van der Waals surface area contributed by atoms with Crippen molar-refractivity contribution in [2.24, 2.45) is 0 Å². The Morgan fingerprint density at radius 2 is 1.56 bits per heavy atom. The van der Waals surface area contributed by atoms with Crippen LogP contribution in [0.15, 0.2) is 78.4 Å². The minimum Gasteiger partial charge on any atom is -0.507 e. The van der Waals surface area contributed by atoms with E-state index in [-0.39, 0.29) is 17.9 Å². The highest BCUT2D eigenvalue weighted by molar-refractivity contribution is 6.47. The quantitative estimate of drug-likeness (QED) is 0.261. The SMILES string of the molecule is O=C1C(=O)N(CCc2ccccc2)C(c2ccc(Cl)c(Cl)c2)/C1=C(\O)c1ccc(Cl)cc1. The van der Waals surface area contributed by atoms with Crippen LogP contribution in [0.2, 0.25) is 15.1 Å². The van der Waals surface area contributed by atoms with Gasteiger partial charge < -0.3 is 10.0 Å². The summed E-state index contributed by atoms with van der Waals surface area (Å²) in [5.41, 5.74) is 2.01. The maximum atomic E-state index is 13.1. The van der Waals surface area contributed by atoms with Gasteiger partial charge in [0.2, 0.25) is 0 Å². The average molecular weight is 487 g/mol. The summed E-state index contributed by atoms with van der Waals surface area (Å²) < 4.78 is 0. The van der Waals surface area contributed by atoms with Crippen LogP contribution in [0.3, 0.4) is 0 Å². The number of aliphatic hydroxyl groups excluding tert-OH is 1. The van der Waals surface area contributed by atoms with Crippen molar-refractivity contribution in [3.05, 3.63) is 110 Å². The van der Waals surface area contributed by atoms with Crippen LogP contribution in [0.5, 0.6) is 0 Å². The number of carbonyl (C=O) groups excluding carboxylic acids is 2. The van der Waals surface area contributed by atoms with Crippen molar-refractivity contribution in [1.82, 2.24) is 4.90 Å². The summed E-state index contributed by atoms with van der Waals surface area (Å²) in [6, 6.07) is 20.2. The Kier molecular flexibility index (Phi) is 6.56. The van der Waals surface area contributed by atoms with E-state index in [2.05, 4.69) is 0 Å². The largest absolute Gasteiger partial charge is 0.507 e. The van der Waals surface area contributed by atoms with Crippen LogP contribution in [0.25, 0.3) is 5.76 Å². The van der Waals surface area contributed by atoms with Crippen molar-refractivity contribution in [2.75, 3.05) is 6.54 Å². The molecule has 1 aliphatic heterocycles. The second kappa shape index (κ2) is 9.37. The zero-order valence-electron chi connectivity index (χ0n) is 16.8. The molecule has 0 radical (unpaired) electrons. The van der Waals surface area contributed by atoms with Crippen LogP contribution in [-0.4, -0.2) is 28.2 Å². The minimum absolute atomic E-state index is 0.00349. The molecule has 1 saturated heterocycles. The molecule has 0 saturated carbocycles. The summed E-state index contributed by atoms with van der Waals surface area (Å²) in [6.07, 6.45) is 0.548. The molecule has 1 N–H and O–H groups in total. The molecule has 32 heavy (non-hydrogen) atoms. The Morgan fingerprint density at radius 3 is 2.22 bits per heavy atom. The molecule has 0 bridgehead atoms. The first kappa shape index (κ1) is 22.4. The van der Waals surface area contributed by atoms with Gasteiger partial charge in [-0.2, -0.15) is 0 Å². The van der Waals surface area contributed by atoms with Gasteiger partial charge in [0, 0.05) is 17.1 Å². The molecule has 1 fully saturated rings. The van der Waals surface area contributed by atoms with E-state index in [1.54, 1.807) is 42.5 Å². The summed E-state index contributed by atoms with van der Waals surface area (Å²) in [6.45, 7) is 0.289. The third-order valence-electron chi connectivity index (χ3n) is 5.40. The fraction of sp³-hybridized carbons (Fsp3) is 0.120. The van der Waals surface area contributed by atoms with Crippen LogP contribution < -0.4 is 0 Å². The molecule has 1 aliphatic rings. The fourth-order valence-corrected chi connectivity index (χ4v) is 4.23. The molecule has 1 amide bonds. The van der Waals surface area contributed by atoms with Gasteiger partial charge in [0.25, 0.3) is 11.7 Å². The molecule has 3 aromatic rings. The fourth-order valence-electron chi connectivity index (χ4n) is 3.80. The molecule has 0 spiro atoms. The number of amides is 1. The van der Waals surface area contributed by atoms with Crippen molar-refractivity contribution in [1.29, 1.82) is 0 Å². The van der Waals surface area contributed by atoms with Crippen molar-refractivity contribution < 1.29 is 14.7 Å².